The predicted octanol–water partition coefficient (Wildman–Crippen LogP) is 3.10. The fraction of sp³-hybridized carbons (Fsp3) is 0.462. The van der Waals surface area contributed by atoms with Crippen molar-refractivity contribution in [1.82, 2.24) is 0 Å². The Morgan fingerprint density at radius 3 is 2.27 bits per heavy atom. The molecule has 0 saturated carbocycles. The zero-order chi connectivity index (χ0) is 11.6. The lowest BCUT2D eigenvalue weighted by Gasteiger charge is -2.13. The summed E-state index contributed by atoms with van der Waals surface area (Å²) in [5.74, 6) is -0.212. The number of carbonyl (C=O) groups is 1. The summed E-state index contributed by atoms with van der Waals surface area (Å²) in [6, 6.07) is 2.04. The molecule has 82 valence electrons. The van der Waals surface area contributed by atoms with Gasteiger partial charge in [0.2, 0.25) is 0 Å². The van der Waals surface area contributed by atoms with Gasteiger partial charge in [0.15, 0.2) is 0 Å². The van der Waals surface area contributed by atoms with Gasteiger partial charge in [-0.2, -0.15) is 0 Å². The average molecular weight is 206 g/mol. The zero-order valence-electron chi connectivity index (χ0n) is 10.1. The number of esters is 1. The Morgan fingerprint density at radius 1 is 1.13 bits per heavy atom. The molecule has 0 aromatic heterocycles. The number of aryl methyl sites for hydroxylation is 2. The van der Waals surface area contributed by atoms with Gasteiger partial charge in [0, 0.05) is 0 Å². The molecular formula is C13H18O2. The van der Waals surface area contributed by atoms with Gasteiger partial charge in [-0.1, -0.05) is 6.07 Å². The van der Waals surface area contributed by atoms with Crippen LogP contribution < -0.4 is 0 Å². The van der Waals surface area contributed by atoms with Crippen molar-refractivity contribution in [3.05, 3.63) is 33.9 Å². The summed E-state index contributed by atoms with van der Waals surface area (Å²) >= 11 is 0. The first-order valence-electron chi connectivity index (χ1n) is 5.23. The van der Waals surface area contributed by atoms with Crippen molar-refractivity contribution in [2.75, 3.05) is 6.61 Å². The van der Waals surface area contributed by atoms with Crippen molar-refractivity contribution in [1.29, 1.82) is 0 Å². The van der Waals surface area contributed by atoms with E-state index in [-0.39, 0.29) is 5.97 Å². The fourth-order valence-corrected chi connectivity index (χ4v) is 1.80. The van der Waals surface area contributed by atoms with Crippen LogP contribution in [0.3, 0.4) is 0 Å². The minimum Gasteiger partial charge on any atom is -0.462 e. The smallest absolute Gasteiger partial charge is 0.338 e. The molecule has 0 aliphatic rings. The van der Waals surface area contributed by atoms with Gasteiger partial charge >= 0.3 is 5.97 Å². The van der Waals surface area contributed by atoms with Gasteiger partial charge < -0.3 is 4.74 Å². The number of rotatable bonds is 2. The highest BCUT2D eigenvalue weighted by Crippen LogP contribution is 2.22. The van der Waals surface area contributed by atoms with E-state index in [1.54, 1.807) is 0 Å². The van der Waals surface area contributed by atoms with E-state index in [0.29, 0.717) is 6.61 Å². The van der Waals surface area contributed by atoms with Crippen molar-refractivity contribution in [3.63, 3.8) is 0 Å². The SMILES string of the molecule is CCOC(=O)c1c(C)cc(C)c(C)c1C. The Kier molecular flexibility index (Phi) is 3.51. The highest BCUT2D eigenvalue weighted by molar-refractivity contribution is 5.93. The normalized spacial score (nSPS) is 10.2. The quantitative estimate of drug-likeness (QED) is 0.695. The van der Waals surface area contributed by atoms with E-state index in [0.717, 1.165) is 16.7 Å². The molecule has 1 aromatic carbocycles. The van der Waals surface area contributed by atoms with Crippen LogP contribution in [0, 0.1) is 27.7 Å². The standard InChI is InChI=1S/C13H18O2/c1-6-15-13(14)12-9(3)7-8(2)10(4)11(12)5/h7H,6H2,1-5H3. The lowest BCUT2D eigenvalue weighted by Crippen LogP contribution is -2.10. The third-order valence-electron chi connectivity index (χ3n) is 2.84. The van der Waals surface area contributed by atoms with E-state index >= 15 is 0 Å². The van der Waals surface area contributed by atoms with Crippen molar-refractivity contribution >= 4 is 5.97 Å². The van der Waals surface area contributed by atoms with Gasteiger partial charge in [0.25, 0.3) is 0 Å². The molecule has 2 nitrogen and oxygen atoms in total. The molecule has 0 radical (unpaired) electrons. The molecule has 1 rings (SSSR count). The molecule has 0 unspecified atom stereocenters. The monoisotopic (exact) mass is 206 g/mol. The van der Waals surface area contributed by atoms with Gasteiger partial charge in [-0.3, -0.25) is 0 Å². The molecule has 0 heterocycles. The van der Waals surface area contributed by atoms with E-state index in [1.807, 2.05) is 33.8 Å². The third-order valence-corrected chi connectivity index (χ3v) is 2.84. The molecule has 0 aliphatic heterocycles. The van der Waals surface area contributed by atoms with E-state index in [4.69, 9.17) is 4.74 Å². The van der Waals surface area contributed by atoms with Crippen LogP contribution in [0.4, 0.5) is 0 Å². The van der Waals surface area contributed by atoms with Crippen molar-refractivity contribution < 1.29 is 9.53 Å². The molecule has 0 amide bonds. The zero-order valence-corrected chi connectivity index (χ0v) is 10.1. The van der Waals surface area contributed by atoms with E-state index in [2.05, 4.69) is 6.92 Å². The second kappa shape index (κ2) is 4.47. The summed E-state index contributed by atoms with van der Waals surface area (Å²) in [5, 5.41) is 0. The van der Waals surface area contributed by atoms with Crippen molar-refractivity contribution in [2.24, 2.45) is 0 Å². The maximum Gasteiger partial charge on any atom is 0.338 e. The second-order valence-corrected chi connectivity index (χ2v) is 3.86. The van der Waals surface area contributed by atoms with Crippen LogP contribution in [0.1, 0.15) is 39.5 Å². The molecule has 0 N–H and O–H groups in total. The maximum absolute atomic E-state index is 11.7. The Labute approximate surface area is 91.3 Å². The van der Waals surface area contributed by atoms with Gasteiger partial charge in [-0.05, 0) is 56.9 Å². The summed E-state index contributed by atoms with van der Waals surface area (Å²) in [5.41, 5.74) is 5.14. The molecule has 0 atom stereocenters. The minimum absolute atomic E-state index is 0.212. The molecule has 0 bridgehead atoms. The van der Waals surface area contributed by atoms with Gasteiger partial charge in [0.1, 0.15) is 0 Å². The number of benzene rings is 1. The summed E-state index contributed by atoms with van der Waals surface area (Å²) in [6.45, 7) is 10.3. The first-order valence-corrected chi connectivity index (χ1v) is 5.23. The molecule has 0 saturated heterocycles. The molecule has 0 spiro atoms. The molecule has 1 aromatic rings. The van der Waals surface area contributed by atoms with Gasteiger partial charge in [-0.25, -0.2) is 4.79 Å². The van der Waals surface area contributed by atoms with Crippen LogP contribution in [0.25, 0.3) is 0 Å². The van der Waals surface area contributed by atoms with Crippen LogP contribution in [0.2, 0.25) is 0 Å². The first kappa shape index (κ1) is 11.8. The molecular weight excluding hydrogens is 188 g/mol. The van der Waals surface area contributed by atoms with Crippen LogP contribution in [0.15, 0.2) is 6.07 Å². The maximum atomic E-state index is 11.7. The molecule has 15 heavy (non-hydrogen) atoms. The number of carbonyl (C=O) groups excluding carboxylic acids is 1. The van der Waals surface area contributed by atoms with Crippen LogP contribution in [0.5, 0.6) is 0 Å². The van der Waals surface area contributed by atoms with Gasteiger partial charge in [0.05, 0.1) is 12.2 Å². The number of ether oxygens (including phenoxy) is 1. The Balaban J connectivity index is 3.29. The van der Waals surface area contributed by atoms with Gasteiger partial charge in [-0.15, -0.1) is 0 Å². The van der Waals surface area contributed by atoms with E-state index in [9.17, 15) is 4.79 Å². The lowest BCUT2D eigenvalue weighted by molar-refractivity contribution is 0.0524. The molecule has 2 heteroatoms. The molecule has 0 fully saturated rings. The summed E-state index contributed by atoms with van der Waals surface area (Å²) in [7, 11) is 0. The average Bonchev–Trinajstić information content (AvgIpc) is 2.15. The Morgan fingerprint density at radius 2 is 1.73 bits per heavy atom. The summed E-state index contributed by atoms with van der Waals surface area (Å²) < 4.78 is 5.05. The third kappa shape index (κ3) is 2.20. The largest absolute Gasteiger partial charge is 0.462 e. The predicted molar refractivity (Wildman–Crippen MR) is 61.3 cm³/mol. The minimum atomic E-state index is -0.212. The van der Waals surface area contributed by atoms with Crippen LogP contribution in [-0.2, 0) is 4.74 Å². The second-order valence-electron chi connectivity index (χ2n) is 3.86. The first-order chi connectivity index (χ1) is 6.99. The lowest BCUT2D eigenvalue weighted by atomic mass is 9.94. The van der Waals surface area contributed by atoms with Crippen LogP contribution >= 0.6 is 0 Å². The highest BCUT2D eigenvalue weighted by Gasteiger charge is 2.15. The Bertz CT molecular complexity index is 392. The Hall–Kier alpha value is -1.31. The number of hydrogen-bond donors (Lipinski definition) is 0. The topological polar surface area (TPSA) is 26.3 Å². The van der Waals surface area contributed by atoms with Crippen LogP contribution in [-0.4, -0.2) is 12.6 Å². The summed E-state index contributed by atoms with van der Waals surface area (Å²) in [6.07, 6.45) is 0. The highest BCUT2D eigenvalue weighted by atomic mass is 16.5. The number of hydrogen-bond acceptors (Lipinski definition) is 2. The summed E-state index contributed by atoms with van der Waals surface area (Å²) in [4.78, 5) is 11.7. The van der Waals surface area contributed by atoms with E-state index < -0.39 is 0 Å². The fourth-order valence-electron chi connectivity index (χ4n) is 1.80. The van der Waals surface area contributed by atoms with E-state index in [1.165, 1.54) is 11.1 Å². The van der Waals surface area contributed by atoms with Crippen molar-refractivity contribution in [2.45, 2.75) is 34.6 Å². The van der Waals surface area contributed by atoms with Crippen molar-refractivity contribution in [3.8, 4) is 0 Å². The molecule has 0 aliphatic carbocycles.